The Balaban J connectivity index is 4.00. The summed E-state index contributed by atoms with van der Waals surface area (Å²) < 4.78 is 16.8. The molecular formula is C67H126O6. The number of hydrogen-bond acceptors (Lipinski definition) is 6. The zero-order valence-electron chi connectivity index (χ0n) is 49.4. The summed E-state index contributed by atoms with van der Waals surface area (Å²) in [5.74, 6) is -0.862. The van der Waals surface area contributed by atoms with Gasteiger partial charge in [0.25, 0.3) is 0 Å². The number of carbonyl (C=O) groups excluding carboxylic acids is 3. The molecule has 1 unspecified atom stereocenters. The summed E-state index contributed by atoms with van der Waals surface area (Å²) in [4.78, 5) is 38.0. The van der Waals surface area contributed by atoms with Crippen LogP contribution in [-0.4, -0.2) is 37.2 Å². The third-order valence-electron chi connectivity index (χ3n) is 15.0. The van der Waals surface area contributed by atoms with Crippen LogP contribution in [0.1, 0.15) is 367 Å². The third-order valence-corrected chi connectivity index (χ3v) is 15.0. The van der Waals surface area contributed by atoms with Gasteiger partial charge in [0.2, 0.25) is 0 Å². The summed E-state index contributed by atoms with van der Waals surface area (Å²) in [6, 6.07) is 0. The van der Waals surface area contributed by atoms with Gasteiger partial charge in [0.15, 0.2) is 6.10 Å². The lowest BCUT2D eigenvalue weighted by atomic mass is 10.0. The highest BCUT2D eigenvalue weighted by Crippen LogP contribution is 2.18. The first-order chi connectivity index (χ1) is 36.0. The normalized spacial score (nSPS) is 12.1. The number of hydrogen-bond donors (Lipinski definition) is 0. The average Bonchev–Trinajstić information content (AvgIpc) is 3.39. The zero-order valence-corrected chi connectivity index (χ0v) is 49.4. The van der Waals surface area contributed by atoms with Crippen molar-refractivity contribution in [3.8, 4) is 0 Å². The number of allylic oxidation sites excluding steroid dienone is 4. The molecule has 0 saturated heterocycles. The molecule has 430 valence electrons. The van der Waals surface area contributed by atoms with Crippen molar-refractivity contribution in [2.75, 3.05) is 13.2 Å². The second-order valence-electron chi connectivity index (χ2n) is 22.4. The van der Waals surface area contributed by atoms with Gasteiger partial charge in [-0.1, -0.05) is 321 Å². The van der Waals surface area contributed by atoms with Crippen molar-refractivity contribution in [2.45, 2.75) is 374 Å². The van der Waals surface area contributed by atoms with Crippen LogP contribution in [0.15, 0.2) is 24.3 Å². The molecule has 6 nitrogen and oxygen atoms in total. The lowest BCUT2D eigenvalue weighted by Crippen LogP contribution is -2.30. The average molecular weight is 1030 g/mol. The molecule has 0 aliphatic heterocycles. The van der Waals surface area contributed by atoms with Gasteiger partial charge in [-0.25, -0.2) is 0 Å². The van der Waals surface area contributed by atoms with Crippen molar-refractivity contribution in [1.82, 2.24) is 0 Å². The van der Waals surface area contributed by atoms with Crippen LogP contribution in [-0.2, 0) is 28.6 Å². The van der Waals surface area contributed by atoms with Gasteiger partial charge in [-0.15, -0.1) is 0 Å². The Morgan fingerprint density at radius 1 is 0.274 bits per heavy atom. The predicted molar refractivity (Wildman–Crippen MR) is 316 cm³/mol. The number of ether oxygens (including phenoxy) is 3. The molecule has 0 radical (unpaired) electrons. The Morgan fingerprint density at radius 3 is 0.767 bits per heavy atom. The summed E-state index contributed by atoms with van der Waals surface area (Å²) in [6.07, 6.45) is 75.2. The third kappa shape index (κ3) is 60.6. The number of esters is 3. The Labute approximate surface area is 455 Å². The van der Waals surface area contributed by atoms with Crippen LogP contribution < -0.4 is 0 Å². The molecule has 0 aromatic heterocycles. The van der Waals surface area contributed by atoms with Crippen molar-refractivity contribution < 1.29 is 28.6 Å². The number of unbranched alkanes of at least 4 members (excludes halogenated alkanes) is 46. The second-order valence-corrected chi connectivity index (χ2v) is 22.4. The molecular weight excluding hydrogens is 901 g/mol. The highest BCUT2D eigenvalue weighted by molar-refractivity contribution is 5.71. The molecule has 73 heavy (non-hydrogen) atoms. The Bertz CT molecular complexity index is 1180. The van der Waals surface area contributed by atoms with Crippen LogP contribution in [0, 0.1) is 0 Å². The van der Waals surface area contributed by atoms with E-state index in [9.17, 15) is 14.4 Å². The molecule has 0 spiro atoms. The molecule has 0 heterocycles. The van der Waals surface area contributed by atoms with Crippen LogP contribution >= 0.6 is 0 Å². The maximum Gasteiger partial charge on any atom is 0.306 e. The minimum absolute atomic E-state index is 0.0696. The van der Waals surface area contributed by atoms with Gasteiger partial charge in [0.1, 0.15) is 13.2 Å². The molecule has 0 rings (SSSR count). The summed E-state index contributed by atoms with van der Waals surface area (Å²) in [5.41, 5.74) is 0. The minimum atomic E-state index is -0.770. The van der Waals surface area contributed by atoms with E-state index in [1.165, 1.54) is 257 Å². The smallest absolute Gasteiger partial charge is 0.306 e. The van der Waals surface area contributed by atoms with Crippen molar-refractivity contribution in [2.24, 2.45) is 0 Å². The van der Waals surface area contributed by atoms with E-state index < -0.39 is 6.10 Å². The fourth-order valence-corrected chi connectivity index (χ4v) is 10.0. The monoisotopic (exact) mass is 1030 g/mol. The molecule has 6 heteroatoms. The molecule has 0 amide bonds. The first kappa shape index (κ1) is 70.9. The maximum atomic E-state index is 12.8. The van der Waals surface area contributed by atoms with Crippen molar-refractivity contribution in [3.05, 3.63) is 24.3 Å². The molecule has 0 aliphatic rings. The second kappa shape index (κ2) is 62.4. The van der Waals surface area contributed by atoms with E-state index in [1.54, 1.807) is 0 Å². The fourth-order valence-electron chi connectivity index (χ4n) is 10.0. The summed E-state index contributed by atoms with van der Waals surface area (Å²) in [7, 11) is 0. The standard InChI is InChI=1S/C67H126O6/c1-4-7-10-13-16-18-20-22-24-26-28-29-30-31-32-33-34-35-36-37-38-39-41-42-44-46-48-51-54-57-60-66(69)72-63-64(62-71-65(68)59-56-53-50-15-12-9-6-3)73-67(70)61-58-55-52-49-47-45-43-40-27-25-23-21-19-17-14-11-8-5-2/h19,21,25,27,64H,4-18,20,22-24,26,28-63H2,1-3H3/b21-19-,27-25-. The van der Waals surface area contributed by atoms with E-state index in [1.807, 2.05) is 0 Å². The minimum Gasteiger partial charge on any atom is -0.462 e. The van der Waals surface area contributed by atoms with Crippen LogP contribution in [0.25, 0.3) is 0 Å². The van der Waals surface area contributed by atoms with E-state index in [0.29, 0.717) is 19.3 Å². The van der Waals surface area contributed by atoms with Crippen molar-refractivity contribution >= 4 is 17.9 Å². The highest BCUT2D eigenvalue weighted by Gasteiger charge is 2.19. The van der Waals surface area contributed by atoms with Crippen LogP contribution in [0.5, 0.6) is 0 Å². The maximum absolute atomic E-state index is 12.8. The van der Waals surface area contributed by atoms with Gasteiger partial charge in [0.05, 0.1) is 0 Å². The first-order valence-electron chi connectivity index (χ1n) is 32.8. The lowest BCUT2D eigenvalue weighted by molar-refractivity contribution is -0.167. The highest BCUT2D eigenvalue weighted by atomic mass is 16.6. The van der Waals surface area contributed by atoms with Crippen molar-refractivity contribution in [3.63, 3.8) is 0 Å². The molecule has 0 aromatic carbocycles. The molecule has 0 bridgehead atoms. The van der Waals surface area contributed by atoms with Gasteiger partial charge in [-0.2, -0.15) is 0 Å². The Kier molecular flexibility index (Phi) is 60.6. The molecule has 0 aromatic rings. The fraction of sp³-hybridized carbons (Fsp3) is 0.896. The van der Waals surface area contributed by atoms with Crippen molar-refractivity contribution in [1.29, 1.82) is 0 Å². The van der Waals surface area contributed by atoms with Gasteiger partial charge in [0, 0.05) is 19.3 Å². The number of rotatable bonds is 61. The SMILES string of the molecule is CCCCCC/C=C\C/C=C\CCCCCCCCCC(=O)OC(COC(=O)CCCCCCCCC)COC(=O)CCCCCCCCCCCCCCCCCCCCCCCCCCCCCCCC. The van der Waals surface area contributed by atoms with E-state index in [2.05, 4.69) is 45.1 Å². The first-order valence-corrected chi connectivity index (χ1v) is 32.8. The van der Waals surface area contributed by atoms with E-state index in [-0.39, 0.29) is 31.1 Å². The van der Waals surface area contributed by atoms with Gasteiger partial charge >= 0.3 is 17.9 Å². The largest absolute Gasteiger partial charge is 0.462 e. The van der Waals surface area contributed by atoms with Crippen LogP contribution in [0.2, 0.25) is 0 Å². The molecule has 0 fully saturated rings. The molecule has 0 N–H and O–H groups in total. The summed E-state index contributed by atoms with van der Waals surface area (Å²) >= 11 is 0. The van der Waals surface area contributed by atoms with Crippen LogP contribution in [0.4, 0.5) is 0 Å². The van der Waals surface area contributed by atoms with E-state index in [4.69, 9.17) is 14.2 Å². The number of carbonyl (C=O) groups is 3. The summed E-state index contributed by atoms with van der Waals surface area (Å²) in [5, 5.41) is 0. The quantitative estimate of drug-likeness (QED) is 0.0261. The van der Waals surface area contributed by atoms with Crippen LogP contribution in [0.3, 0.4) is 0 Å². The van der Waals surface area contributed by atoms with Gasteiger partial charge in [-0.05, 0) is 51.4 Å². The van der Waals surface area contributed by atoms with E-state index in [0.717, 1.165) is 70.6 Å². The Morgan fingerprint density at radius 2 is 0.493 bits per heavy atom. The molecule has 1 atom stereocenters. The molecule has 0 saturated carbocycles. The Hall–Kier alpha value is -2.11. The topological polar surface area (TPSA) is 78.9 Å². The summed E-state index contributed by atoms with van der Waals surface area (Å²) in [6.45, 7) is 6.63. The molecule has 0 aliphatic carbocycles. The zero-order chi connectivity index (χ0) is 52.9. The lowest BCUT2D eigenvalue weighted by Gasteiger charge is -2.18. The predicted octanol–water partition coefficient (Wildman–Crippen LogP) is 22.2. The van der Waals surface area contributed by atoms with Gasteiger partial charge < -0.3 is 14.2 Å². The van der Waals surface area contributed by atoms with Gasteiger partial charge in [-0.3, -0.25) is 14.4 Å². The van der Waals surface area contributed by atoms with E-state index >= 15 is 0 Å².